The molecule has 0 amide bonds. The molecule has 0 bridgehead atoms. The van der Waals surface area contributed by atoms with Gasteiger partial charge in [0, 0.05) is 33.9 Å². The van der Waals surface area contributed by atoms with Gasteiger partial charge in [0.15, 0.2) is 17.5 Å². The van der Waals surface area contributed by atoms with Crippen LogP contribution in [-0.4, -0.2) is 80.7 Å². The second-order valence-electron chi connectivity index (χ2n) is 7.94. The van der Waals surface area contributed by atoms with Crippen molar-refractivity contribution >= 4 is 27.7 Å². The molecule has 0 radical (unpaired) electrons. The number of hydrogen-bond acceptors (Lipinski definition) is 9. The second-order valence-corrected chi connectivity index (χ2v) is 10.0. The Labute approximate surface area is 217 Å². The van der Waals surface area contributed by atoms with Gasteiger partial charge in [-0.3, -0.25) is 4.98 Å². The van der Waals surface area contributed by atoms with Crippen LogP contribution >= 0.6 is 27.7 Å². The summed E-state index contributed by atoms with van der Waals surface area (Å²) in [6.45, 7) is 0.293. The summed E-state index contributed by atoms with van der Waals surface area (Å²) in [6.07, 6.45) is 1.62. The maximum atomic E-state index is 13.8. The second kappa shape index (κ2) is 12.0. The van der Waals surface area contributed by atoms with E-state index in [2.05, 4.69) is 36.5 Å². The number of halogens is 4. The van der Waals surface area contributed by atoms with Crippen LogP contribution in [0.5, 0.6) is 0 Å². The third-order valence-electron chi connectivity index (χ3n) is 5.51. The summed E-state index contributed by atoms with van der Waals surface area (Å²) in [7, 11) is 1.76. The van der Waals surface area contributed by atoms with Gasteiger partial charge in [-0.05, 0) is 41.2 Å². The smallest absolute Gasteiger partial charge is 0.194 e. The molecule has 5 atom stereocenters. The van der Waals surface area contributed by atoms with Crippen molar-refractivity contribution in [2.45, 2.75) is 34.7 Å². The number of pyridine rings is 1. The van der Waals surface area contributed by atoms with Crippen LogP contribution in [0.1, 0.15) is 6.04 Å². The van der Waals surface area contributed by atoms with E-state index >= 15 is 0 Å². The first-order chi connectivity index (χ1) is 17.3. The van der Waals surface area contributed by atoms with Crippen molar-refractivity contribution in [3.05, 3.63) is 58.7 Å². The molecule has 3 heterocycles. The molecule has 2 aromatic heterocycles. The molecule has 1 aliphatic rings. The predicted octanol–water partition coefficient (Wildman–Crippen LogP) is 2.54. The zero-order chi connectivity index (χ0) is 25.8. The predicted molar refractivity (Wildman–Crippen MR) is 128 cm³/mol. The van der Waals surface area contributed by atoms with Gasteiger partial charge in [-0.1, -0.05) is 17.0 Å². The fourth-order valence-electron chi connectivity index (χ4n) is 3.78. The Bertz CT molecular complexity index is 1170. The first-order valence-corrected chi connectivity index (χ1v) is 12.5. The molecule has 1 aromatic carbocycles. The van der Waals surface area contributed by atoms with E-state index in [1.807, 2.05) is 6.07 Å². The van der Waals surface area contributed by atoms with Gasteiger partial charge in [0.05, 0.1) is 19.4 Å². The number of aliphatic hydroxyl groups excluding tert-OH is 2. The minimum atomic E-state index is -1.59. The maximum absolute atomic E-state index is 13.8. The quantitative estimate of drug-likeness (QED) is 0.256. The molecule has 0 spiro atoms. The number of hydrogen-bond donors (Lipinski definition) is 3. The van der Waals surface area contributed by atoms with Crippen LogP contribution in [0.4, 0.5) is 13.2 Å². The standard InChI is InChI=1S/C22H23BrF3N5O4S/c1-27-2-3-34-21-19(31-9-16(29-30-31)11-4-14(24)18(26)15(25)5-11)20(33)17(10-32)35-22(21)36-13-6-12(23)7-28-8-13/h4-9,17,19-22,27,32-33H,2-3,10H2,1H3/t17-,19+,20+,21-,22-/m1/s1. The number of aromatic nitrogens is 4. The van der Waals surface area contributed by atoms with Crippen molar-refractivity contribution in [1.29, 1.82) is 0 Å². The van der Waals surface area contributed by atoms with Crippen LogP contribution in [0, 0.1) is 17.5 Å². The van der Waals surface area contributed by atoms with Crippen molar-refractivity contribution in [2.75, 3.05) is 26.8 Å². The molecular weight excluding hydrogens is 567 g/mol. The summed E-state index contributed by atoms with van der Waals surface area (Å²) in [4.78, 5) is 4.90. The lowest BCUT2D eigenvalue weighted by molar-refractivity contribution is -0.192. The molecule has 36 heavy (non-hydrogen) atoms. The Kier molecular flexibility index (Phi) is 8.98. The Morgan fingerprint density at radius 1 is 1.22 bits per heavy atom. The highest BCUT2D eigenvalue weighted by atomic mass is 79.9. The fourth-order valence-corrected chi connectivity index (χ4v) is 5.45. The van der Waals surface area contributed by atoms with Crippen molar-refractivity contribution in [2.24, 2.45) is 0 Å². The molecule has 3 N–H and O–H groups in total. The average Bonchev–Trinajstić information content (AvgIpc) is 3.33. The Hall–Kier alpha value is -2.07. The highest BCUT2D eigenvalue weighted by Gasteiger charge is 2.48. The van der Waals surface area contributed by atoms with Crippen molar-refractivity contribution in [3.63, 3.8) is 0 Å². The Balaban J connectivity index is 1.69. The molecule has 4 rings (SSSR count). The van der Waals surface area contributed by atoms with Gasteiger partial charge >= 0.3 is 0 Å². The van der Waals surface area contributed by atoms with Crippen LogP contribution in [0.15, 0.2) is 46.2 Å². The highest BCUT2D eigenvalue weighted by Crippen LogP contribution is 2.40. The van der Waals surface area contributed by atoms with Crippen LogP contribution in [0.3, 0.4) is 0 Å². The minimum absolute atomic E-state index is 0.0308. The topological polar surface area (TPSA) is 115 Å². The number of ether oxygens (including phenoxy) is 2. The SMILES string of the molecule is CNCCO[C@@H]1[C@@H](n2cc(-c3cc(F)c(F)c(F)c3)nn2)[C@@H](O)[C@@H](CO)O[C@@H]1Sc1cncc(Br)c1. The van der Waals surface area contributed by atoms with Gasteiger partial charge in [0.2, 0.25) is 0 Å². The van der Waals surface area contributed by atoms with Gasteiger partial charge in [-0.25, -0.2) is 17.9 Å². The summed E-state index contributed by atoms with van der Waals surface area (Å²) in [5, 5.41) is 32.0. The van der Waals surface area contributed by atoms with Gasteiger partial charge < -0.3 is 25.0 Å². The Morgan fingerprint density at radius 3 is 2.64 bits per heavy atom. The normalized spacial score (nSPS) is 24.2. The van der Waals surface area contributed by atoms with E-state index in [0.717, 1.165) is 21.5 Å². The number of thioether (sulfide) groups is 1. The largest absolute Gasteiger partial charge is 0.394 e. The summed E-state index contributed by atoms with van der Waals surface area (Å²) in [5.41, 5.74) is -0.671. The van der Waals surface area contributed by atoms with Crippen molar-refractivity contribution < 1.29 is 32.9 Å². The average molecular weight is 590 g/mol. The van der Waals surface area contributed by atoms with Crippen LogP contribution in [-0.2, 0) is 9.47 Å². The molecule has 9 nitrogen and oxygen atoms in total. The zero-order valence-corrected chi connectivity index (χ0v) is 21.3. The molecule has 1 aliphatic heterocycles. The zero-order valence-electron chi connectivity index (χ0n) is 18.9. The lowest BCUT2D eigenvalue weighted by atomic mass is 9.97. The number of aliphatic hydroxyl groups is 2. The molecule has 0 unspecified atom stereocenters. The summed E-state index contributed by atoms with van der Waals surface area (Å²) >= 11 is 4.67. The first kappa shape index (κ1) is 27.0. The van der Waals surface area contributed by atoms with Crippen molar-refractivity contribution in [3.8, 4) is 11.3 Å². The summed E-state index contributed by atoms with van der Waals surface area (Å²) < 4.78 is 55.1. The first-order valence-electron chi connectivity index (χ1n) is 10.9. The van der Waals surface area contributed by atoms with Crippen molar-refractivity contribution in [1.82, 2.24) is 25.3 Å². The molecular formula is C22H23BrF3N5O4S. The van der Waals surface area contributed by atoms with E-state index < -0.39 is 53.8 Å². The molecule has 194 valence electrons. The van der Waals surface area contributed by atoms with E-state index in [1.54, 1.807) is 19.4 Å². The molecule has 1 fully saturated rings. The number of nitrogens with one attached hydrogen (secondary N) is 1. The Morgan fingerprint density at radius 2 is 1.97 bits per heavy atom. The molecule has 1 saturated heterocycles. The maximum Gasteiger partial charge on any atom is 0.194 e. The number of rotatable bonds is 9. The van der Waals surface area contributed by atoms with Crippen LogP contribution < -0.4 is 5.32 Å². The number of nitrogens with zero attached hydrogens (tertiary/aromatic N) is 4. The number of benzene rings is 1. The van der Waals surface area contributed by atoms with Gasteiger partial charge in [0.1, 0.15) is 35.5 Å². The molecule has 3 aromatic rings. The monoisotopic (exact) mass is 589 g/mol. The third kappa shape index (κ3) is 5.90. The van der Waals surface area contributed by atoms with Crippen LogP contribution in [0.2, 0.25) is 0 Å². The summed E-state index contributed by atoms with van der Waals surface area (Å²) in [5.74, 6) is -4.31. The van der Waals surface area contributed by atoms with Crippen LogP contribution in [0.25, 0.3) is 11.3 Å². The van der Waals surface area contributed by atoms with E-state index in [9.17, 15) is 23.4 Å². The van der Waals surface area contributed by atoms with Gasteiger partial charge in [-0.15, -0.1) is 5.10 Å². The van der Waals surface area contributed by atoms with Gasteiger partial charge in [-0.2, -0.15) is 0 Å². The highest BCUT2D eigenvalue weighted by molar-refractivity contribution is 9.10. The third-order valence-corrected chi connectivity index (χ3v) is 7.06. The van der Waals surface area contributed by atoms with Gasteiger partial charge in [0.25, 0.3) is 0 Å². The van der Waals surface area contributed by atoms with E-state index in [1.165, 1.54) is 22.6 Å². The minimum Gasteiger partial charge on any atom is -0.394 e. The van der Waals surface area contributed by atoms with E-state index in [0.29, 0.717) is 6.54 Å². The summed E-state index contributed by atoms with van der Waals surface area (Å²) in [6, 6.07) is 2.57. The molecule has 0 saturated carbocycles. The fraction of sp³-hybridized carbons (Fsp3) is 0.409. The van der Waals surface area contributed by atoms with E-state index in [-0.39, 0.29) is 17.9 Å². The molecule has 14 heteroatoms. The van der Waals surface area contributed by atoms with E-state index in [4.69, 9.17) is 9.47 Å². The number of likely N-dealkylation sites (N-methyl/N-ethyl adjacent to an activating group) is 1. The lowest BCUT2D eigenvalue weighted by Gasteiger charge is -2.43. The molecule has 0 aliphatic carbocycles. The lowest BCUT2D eigenvalue weighted by Crippen LogP contribution is -2.56.